The molecule has 0 spiro atoms. The van der Waals surface area contributed by atoms with Crippen molar-refractivity contribution in [2.75, 3.05) is 7.11 Å². The van der Waals surface area contributed by atoms with Crippen molar-refractivity contribution < 1.29 is 14.6 Å². The lowest BCUT2D eigenvalue weighted by atomic mass is 10.0. The molecule has 0 fully saturated rings. The molecule has 4 aromatic carbocycles. The minimum atomic E-state index is -0.337. The molecule has 6 heteroatoms. The summed E-state index contributed by atoms with van der Waals surface area (Å²) in [6, 6.07) is 20.3. The first-order valence-corrected chi connectivity index (χ1v) is 9.68. The maximum atomic E-state index is 12.6. The Morgan fingerprint density at radius 1 is 1.03 bits per heavy atom. The van der Waals surface area contributed by atoms with Gasteiger partial charge in [0.05, 0.1) is 13.3 Å². The molecule has 0 saturated carbocycles. The molecule has 4 rings (SSSR count). The molecular formula is C23H17BrN2O3. The average molecular weight is 449 g/mol. The number of aromatic hydroxyl groups is 1. The number of phenolic OH excluding ortho intramolecular Hbond substituents is 1. The molecule has 0 bridgehead atoms. The second-order valence-corrected chi connectivity index (χ2v) is 7.29. The van der Waals surface area contributed by atoms with Crippen LogP contribution in [0.25, 0.3) is 21.5 Å². The van der Waals surface area contributed by atoms with Crippen LogP contribution in [0, 0.1) is 0 Å². The Balaban J connectivity index is 1.61. The van der Waals surface area contributed by atoms with E-state index >= 15 is 0 Å². The zero-order chi connectivity index (χ0) is 20.4. The molecule has 0 aliphatic rings. The number of methoxy groups -OCH3 is 1. The SMILES string of the molecule is COc1ccc2c(C(=O)N/N=C/c3cc(Br)c4ccccc4c3O)cccc2c1. The van der Waals surface area contributed by atoms with Crippen LogP contribution in [0.1, 0.15) is 15.9 Å². The molecule has 2 N–H and O–H groups in total. The summed E-state index contributed by atoms with van der Waals surface area (Å²) in [7, 11) is 1.60. The Labute approximate surface area is 175 Å². The van der Waals surface area contributed by atoms with Gasteiger partial charge in [0.15, 0.2) is 0 Å². The van der Waals surface area contributed by atoms with Gasteiger partial charge in [0.2, 0.25) is 0 Å². The van der Waals surface area contributed by atoms with E-state index in [1.807, 2.05) is 54.6 Å². The van der Waals surface area contributed by atoms with E-state index in [0.29, 0.717) is 16.5 Å². The molecule has 0 saturated heterocycles. The summed E-state index contributed by atoms with van der Waals surface area (Å²) in [6.45, 7) is 0. The monoisotopic (exact) mass is 448 g/mol. The van der Waals surface area contributed by atoms with E-state index in [-0.39, 0.29) is 11.7 Å². The van der Waals surface area contributed by atoms with Gasteiger partial charge in [0.1, 0.15) is 11.5 Å². The maximum Gasteiger partial charge on any atom is 0.271 e. The number of hydrogen-bond acceptors (Lipinski definition) is 4. The van der Waals surface area contributed by atoms with Crippen molar-refractivity contribution in [3.05, 3.63) is 82.3 Å². The smallest absolute Gasteiger partial charge is 0.271 e. The Kier molecular flexibility index (Phi) is 5.18. The number of nitrogens with one attached hydrogen (secondary N) is 1. The first-order valence-electron chi connectivity index (χ1n) is 8.89. The van der Waals surface area contributed by atoms with Crippen molar-refractivity contribution in [3.63, 3.8) is 0 Å². The Morgan fingerprint density at radius 3 is 2.62 bits per heavy atom. The number of fused-ring (bicyclic) bond motifs is 2. The molecule has 0 aliphatic heterocycles. The van der Waals surface area contributed by atoms with Crippen LogP contribution in [-0.4, -0.2) is 24.3 Å². The Hall–Kier alpha value is -3.38. The van der Waals surface area contributed by atoms with Crippen molar-refractivity contribution in [3.8, 4) is 11.5 Å². The van der Waals surface area contributed by atoms with Gasteiger partial charge in [-0.15, -0.1) is 0 Å². The lowest BCUT2D eigenvalue weighted by molar-refractivity contribution is 0.0956. The van der Waals surface area contributed by atoms with Crippen molar-refractivity contribution in [2.24, 2.45) is 5.10 Å². The lowest BCUT2D eigenvalue weighted by Crippen LogP contribution is -2.18. The summed E-state index contributed by atoms with van der Waals surface area (Å²) in [5.74, 6) is 0.501. The highest BCUT2D eigenvalue weighted by atomic mass is 79.9. The number of hydrazone groups is 1. The normalized spacial score (nSPS) is 11.2. The maximum absolute atomic E-state index is 12.6. The summed E-state index contributed by atoms with van der Waals surface area (Å²) >= 11 is 3.51. The molecular weight excluding hydrogens is 432 g/mol. The van der Waals surface area contributed by atoms with Crippen molar-refractivity contribution in [2.45, 2.75) is 0 Å². The fourth-order valence-electron chi connectivity index (χ4n) is 3.24. The van der Waals surface area contributed by atoms with Crippen LogP contribution in [-0.2, 0) is 0 Å². The number of hydrogen-bond donors (Lipinski definition) is 2. The van der Waals surface area contributed by atoms with Gasteiger partial charge in [0.25, 0.3) is 5.91 Å². The number of halogens is 1. The van der Waals surface area contributed by atoms with Gasteiger partial charge in [-0.05, 0) is 46.5 Å². The molecule has 0 radical (unpaired) electrons. The molecule has 5 nitrogen and oxygen atoms in total. The predicted octanol–water partition coefficient (Wildman–Crippen LogP) is 5.23. The molecule has 0 unspecified atom stereocenters. The van der Waals surface area contributed by atoms with E-state index in [2.05, 4.69) is 26.5 Å². The topological polar surface area (TPSA) is 70.9 Å². The molecule has 29 heavy (non-hydrogen) atoms. The van der Waals surface area contributed by atoms with Gasteiger partial charge in [0, 0.05) is 21.0 Å². The Bertz CT molecular complexity index is 1270. The fraction of sp³-hybridized carbons (Fsp3) is 0.0435. The molecule has 0 heterocycles. The number of ether oxygens (including phenoxy) is 1. The number of phenols is 1. The van der Waals surface area contributed by atoms with Gasteiger partial charge in [-0.3, -0.25) is 4.79 Å². The number of carbonyl (C=O) groups is 1. The summed E-state index contributed by atoms with van der Waals surface area (Å²) in [4.78, 5) is 12.6. The quantitative estimate of drug-likeness (QED) is 0.331. The summed E-state index contributed by atoms with van der Waals surface area (Å²) in [5, 5.41) is 17.9. The fourth-order valence-corrected chi connectivity index (χ4v) is 3.83. The van der Waals surface area contributed by atoms with Crippen LogP contribution in [0.3, 0.4) is 0 Å². The van der Waals surface area contributed by atoms with Gasteiger partial charge in [-0.25, -0.2) is 5.43 Å². The second-order valence-electron chi connectivity index (χ2n) is 6.43. The Morgan fingerprint density at radius 2 is 1.83 bits per heavy atom. The van der Waals surface area contributed by atoms with E-state index in [4.69, 9.17) is 4.74 Å². The number of nitrogens with zero attached hydrogens (tertiary/aromatic N) is 1. The van der Waals surface area contributed by atoms with Gasteiger partial charge in [-0.2, -0.15) is 5.10 Å². The van der Waals surface area contributed by atoms with E-state index in [9.17, 15) is 9.90 Å². The number of rotatable bonds is 4. The average Bonchev–Trinajstić information content (AvgIpc) is 2.76. The highest BCUT2D eigenvalue weighted by molar-refractivity contribution is 9.10. The van der Waals surface area contributed by atoms with E-state index in [1.54, 1.807) is 19.2 Å². The van der Waals surface area contributed by atoms with Crippen molar-refractivity contribution in [1.29, 1.82) is 0 Å². The number of benzene rings is 4. The third kappa shape index (κ3) is 3.67. The summed E-state index contributed by atoms with van der Waals surface area (Å²) in [5.41, 5.74) is 3.54. The van der Waals surface area contributed by atoms with Crippen molar-refractivity contribution >= 4 is 49.6 Å². The summed E-state index contributed by atoms with van der Waals surface area (Å²) < 4.78 is 6.07. The van der Waals surface area contributed by atoms with Crippen LogP contribution in [0.4, 0.5) is 0 Å². The minimum Gasteiger partial charge on any atom is -0.507 e. The van der Waals surface area contributed by atoms with E-state index < -0.39 is 0 Å². The summed E-state index contributed by atoms with van der Waals surface area (Å²) in [6.07, 6.45) is 1.43. The molecule has 0 atom stereocenters. The van der Waals surface area contributed by atoms with Gasteiger partial charge >= 0.3 is 0 Å². The molecule has 4 aromatic rings. The first-order chi connectivity index (χ1) is 14.1. The molecule has 1 amide bonds. The third-order valence-electron chi connectivity index (χ3n) is 4.70. The third-order valence-corrected chi connectivity index (χ3v) is 5.35. The zero-order valence-electron chi connectivity index (χ0n) is 15.5. The molecule has 0 aromatic heterocycles. The van der Waals surface area contributed by atoms with Crippen LogP contribution < -0.4 is 10.2 Å². The largest absolute Gasteiger partial charge is 0.507 e. The number of carbonyl (C=O) groups excluding carboxylic acids is 1. The molecule has 0 aliphatic carbocycles. The van der Waals surface area contributed by atoms with Crippen LogP contribution in [0.2, 0.25) is 0 Å². The van der Waals surface area contributed by atoms with Crippen LogP contribution in [0.15, 0.2) is 76.3 Å². The van der Waals surface area contributed by atoms with Crippen LogP contribution >= 0.6 is 15.9 Å². The van der Waals surface area contributed by atoms with E-state index in [1.165, 1.54) is 6.21 Å². The first kappa shape index (κ1) is 19.0. The van der Waals surface area contributed by atoms with Crippen LogP contribution in [0.5, 0.6) is 11.5 Å². The standard InChI is InChI=1S/C23H17BrN2O3/c1-29-16-9-10-17-14(11-16)5-4-8-20(17)23(28)26-25-13-15-12-21(24)18-6-2-3-7-19(18)22(15)27/h2-13,27H,1H3,(H,26,28)/b25-13+. The second kappa shape index (κ2) is 7.93. The van der Waals surface area contributed by atoms with Gasteiger partial charge in [-0.1, -0.05) is 52.3 Å². The highest BCUT2D eigenvalue weighted by Gasteiger charge is 2.11. The van der Waals surface area contributed by atoms with E-state index in [0.717, 1.165) is 26.4 Å². The highest BCUT2D eigenvalue weighted by Crippen LogP contribution is 2.33. The minimum absolute atomic E-state index is 0.110. The predicted molar refractivity (Wildman–Crippen MR) is 119 cm³/mol. The lowest BCUT2D eigenvalue weighted by Gasteiger charge is -2.08. The van der Waals surface area contributed by atoms with Crippen molar-refractivity contribution in [1.82, 2.24) is 5.43 Å². The zero-order valence-corrected chi connectivity index (χ0v) is 17.1. The van der Waals surface area contributed by atoms with Gasteiger partial charge < -0.3 is 9.84 Å². The number of amides is 1. The molecule has 144 valence electrons.